The Hall–Kier alpha value is -1.18. The Labute approximate surface area is 278 Å². The first kappa shape index (κ1) is 34.7. The fourth-order valence-electron chi connectivity index (χ4n) is 11.5. The van der Waals surface area contributed by atoms with Crippen LogP contribution in [0.2, 0.25) is 0 Å². The van der Waals surface area contributed by atoms with E-state index >= 15 is 0 Å². The van der Waals surface area contributed by atoms with Crippen LogP contribution in [0.15, 0.2) is 0 Å². The molecule has 0 bridgehead atoms. The lowest BCUT2D eigenvalue weighted by atomic mass is 9.67. The van der Waals surface area contributed by atoms with Gasteiger partial charge >= 0.3 is 11.9 Å². The van der Waals surface area contributed by atoms with Crippen molar-refractivity contribution in [3.8, 4) is 0 Å². The molecule has 0 heterocycles. The van der Waals surface area contributed by atoms with Gasteiger partial charge in [0, 0.05) is 11.8 Å². The first-order valence-corrected chi connectivity index (χ1v) is 19.8. The largest absolute Gasteiger partial charge is 0.481 e. The Morgan fingerprint density at radius 1 is 0.543 bits per heavy atom. The second-order valence-corrected chi connectivity index (χ2v) is 16.8. The normalized spacial score (nSPS) is 39.8. The molecule has 10 unspecified atom stereocenters. The molecule has 7 heteroatoms. The van der Waals surface area contributed by atoms with Crippen LogP contribution in [-0.4, -0.2) is 47.2 Å². The summed E-state index contributed by atoms with van der Waals surface area (Å²) in [5, 5.41) is 19.6. The Balaban J connectivity index is 1.03. The molecular formula is C39H64O7. The molecule has 0 aromatic rings. The third-order valence-corrected chi connectivity index (χ3v) is 13.9. The summed E-state index contributed by atoms with van der Waals surface area (Å²) in [5.74, 6) is 1.42. The van der Waals surface area contributed by atoms with Crippen molar-refractivity contribution in [3.63, 3.8) is 0 Å². The van der Waals surface area contributed by atoms with Crippen molar-refractivity contribution in [3.05, 3.63) is 0 Å². The van der Waals surface area contributed by atoms with E-state index in [1.807, 2.05) is 0 Å². The van der Waals surface area contributed by atoms with E-state index in [4.69, 9.17) is 14.4 Å². The molecule has 0 radical (unpaired) electrons. The molecule has 0 aliphatic heterocycles. The molecule has 6 aliphatic rings. The first-order valence-electron chi connectivity index (χ1n) is 19.8. The van der Waals surface area contributed by atoms with Crippen molar-refractivity contribution < 1.29 is 34.3 Å². The Morgan fingerprint density at radius 3 is 1.72 bits per heavy atom. The molecule has 6 fully saturated rings. The van der Waals surface area contributed by atoms with Crippen LogP contribution in [0.4, 0.5) is 0 Å². The summed E-state index contributed by atoms with van der Waals surface area (Å²) in [6.45, 7) is 0.348. The van der Waals surface area contributed by atoms with E-state index in [9.17, 15) is 20.0 Å². The highest BCUT2D eigenvalue weighted by molar-refractivity contribution is 5.81. The fourth-order valence-corrected chi connectivity index (χ4v) is 11.5. The molecule has 7 nitrogen and oxygen atoms in total. The minimum Gasteiger partial charge on any atom is -0.481 e. The molecule has 0 aromatic carbocycles. The zero-order valence-electron chi connectivity index (χ0n) is 28.5. The third-order valence-electron chi connectivity index (χ3n) is 13.9. The number of ether oxygens (including phenoxy) is 2. The van der Waals surface area contributed by atoms with Crippen LogP contribution >= 0.6 is 0 Å². The lowest BCUT2D eigenvalue weighted by Crippen LogP contribution is -2.49. The summed E-state index contributed by atoms with van der Waals surface area (Å²) in [6, 6.07) is 0. The molecule has 6 aliphatic carbocycles. The molecule has 10 atom stereocenters. The zero-order chi connectivity index (χ0) is 31.9. The van der Waals surface area contributed by atoms with Gasteiger partial charge in [0.1, 0.15) is 6.10 Å². The summed E-state index contributed by atoms with van der Waals surface area (Å²) in [7, 11) is 0. The molecule has 46 heavy (non-hydrogen) atoms. The molecule has 0 saturated heterocycles. The van der Waals surface area contributed by atoms with Crippen LogP contribution < -0.4 is 0 Å². The summed E-state index contributed by atoms with van der Waals surface area (Å²) in [6.07, 6.45) is 27.8. The second-order valence-electron chi connectivity index (χ2n) is 16.8. The number of carbonyl (C=O) groups excluding carboxylic acids is 1. The standard InChI is InChI=1S/C39H64O7/c40-38(41)34-24-29(22-27-11-5-2-6-12-27)15-17-33(34)39(42)46-37-20-19-36(31-13-7-8-14-32(31)37)45-35-18-16-28(23-30(35)25-44-43)21-26-9-3-1-4-10-26/h26-37,43H,1-25H2,(H,40,41). The van der Waals surface area contributed by atoms with Crippen molar-refractivity contribution in [2.24, 2.45) is 53.3 Å². The van der Waals surface area contributed by atoms with Gasteiger partial charge in [0.25, 0.3) is 0 Å². The molecular weight excluding hydrogens is 580 g/mol. The number of esters is 1. The molecule has 0 spiro atoms. The highest BCUT2D eigenvalue weighted by atomic mass is 17.1. The van der Waals surface area contributed by atoms with Gasteiger partial charge in [-0.1, -0.05) is 77.0 Å². The first-order chi connectivity index (χ1) is 22.5. The number of carboxylic acids is 1. The van der Waals surface area contributed by atoms with Crippen molar-refractivity contribution in [1.29, 1.82) is 0 Å². The molecule has 0 amide bonds. The summed E-state index contributed by atoms with van der Waals surface area (Å²) >= 11 is 0. The lowest BCUT2D eigenvalue weighted by Gasteiger charge is -2.48. The van der Waals surface area contributed by atoms with Gasteiger partial charge in [0.2, 0.25) is 0 Å². The van der Waals surface area contributed by atoms with Gasteiger partial charge in [-0.25, -0.2) is 4.89 Å². The van der Waals surface area contributed by atoms with Crippen molar-refractivity contribution in [1.82, 2.24) is 0 Å². The Morgan fingerprint density at radius 2 is 1.09 bits per heavy atom. The smallest absolute Gasteiger partial charge is 0.310 e. The summed E-state index contributed by atoms with van der Waals surface area (Å²) < 4.78 is 13.3. The molecule has 6 rings (SSSR count). The monoisotopic (exact) mass is 644 g/mol. The zero-order valence-corrected chi connectivity index (χ0v) is 28.5. The van der Waals surface area contributed by atoms with Gasteiger partial charge in [0.05, 0.1) is 30.7 Å². The van der Waals surface area contributed by atoms with E-state index in [-0.39, 0.29) is 36.1 Å². The average molecular weight is 645 g/mol. The minimum atomic E-state index is -0.821. The van der Waals surface area contributed by atoms with Gasteiger partial charge in [-0.05, 0) is 107 Å². The number of carboxylic acid groups (broad SMARTS) is 1. The Bertz CT molecular complexity index is 958. The molecule has 6 saturated carbocycles. The van der Waals surface area contributed by atoms with E-state index in [0.29, 0.717) is 37.2 Å². The van der Waals surface area contributed by atoms with E-state index in [0.717, 1.165) is 69.6 Å². The maximum Gasteiger partial charge on any atom is 0.310 e. The SMILES string of the molecule is O=C(O)C1CC(CC2CCCCC2)CCC1C(=O)OC1CCC(OC2CCC(CC3CCCCC3)CC2COO)C2CCCCC12. The number of hydrogen-bond donors (Lipinski definition) is 2. The fraction of sp³-hybridized carbons (Fsp3) is 0.949. The van der Waals surface area contributed by atoms with Crippen molar-refractivity contribution >= 4 is 11.9 Å². The van der Waals surface area contributed by atoms with Gasteiger partial charge in [-0.3, -0.25) is 14.8 Å². The number of carbonyl (C=O) groups is 2. The molecule has 262 valence electrons. The summed E-state index contributed by atoms with van der Waals surface area (Å²) in [4.78, 5) is 30.8. The average Bonchev–Trinajstić information content (AvgIpc) is 3.08. The van der Waals surface area contributed by atoms with Crippen LogP contribution in [-0.2, 0) is 24.0 Å². The van der Waals surface area contributed by atoms with Crippen LogP contribution in [0, 0.1) is 53.3 Å². The minimum absolute atomic E-state index is 0.113. The number of hydrogen-bond acceptors (Lipinski definition) is 6. The van der Waals surface area contributed by atoms with Gasteiger partial charge < -0.3 is 14.6 Å². The Kier molecular flexibility index (Phi) is 12.8. The lowest BCUT2D eigenvalue weighted by molar-refractivity contribution is -0.264. The number of rotatable bonds is 11. The summed E-state index contributed by atoms with van der Waals surface area (Å²) in [5.41, 5.74) is 0. The van der Waals surface area contributed by atoms with Crippen LogP contribution in [0.25, 0.3) is 0 Å². The van der Waals surface area contributed by atoms with E-state index in [1.165, 1.54) is 83.5 Å². The second kappa shape index (κ2) is 17.0. The molecule has 2 N–H and O–H groups in total. The van der Waals surface area contributed by atoms with Crippen LogP contribution in [0.5, 0.6) is 0 Å². The maximum absolute atomic E-state index is 13.7. The van der Waals surface area contributed by atoms with E-state index in [1.54, 1.807) is 0 Å². The number of aliphatic carboxylic acids is 1. The van der Waals surface area contributed by atoms with E-state index < -0.39 is 17.8 Å². The van der Waals surface area contributed by atoms with E-state index in [2.05, 4.69) is 0 Å². The highest BCUT2D eigenvalue weighted by Crippen LogP contribution is 2.47. The van der Waals surface area contributed by atoms with Gasteiger partial charge in [-0.15, -0.1) is 0 Å². The quantitative estimate of drug-likeness (QED) is 0.131. The van der Waals surface area contributed by atoms with Crippen LogP contribution in [0.3, 0.4) is 0 Å². The van der Waals surface area contributed by atoms with Crippen molar-refractivity contribution in [2.45, 2.75) is 172 Å². The van der Waals surface area contributed by atoms with Gasteiger partial charge in [-0.2, -0.15) is 0 Å². The predicted octanol–water partition coefficient (Wildman–Crippen LogP) is 9.22. The topological polar surface area (TPSA) is 102 Å². The van der Waals surface area contributed by atoms with Crippen molar-refractivity contribution in [2.75, 3.05) is 6.61 Å². The predicted molar refractivity (Wildman–Crippen MR) is 177 cm³/mol. The maximum atomic E-state index is 13.7. The third kappa shape index (κ3) is 8.88. The molecule has 0 aromatic heterocycles. The highest BCUT2D eigenvalue weighted by Gasteiger charge is 2.47. The van der Waals surface area contributed by atoms with Crippen LogP contribution in [0.1, 0.15) is 154 Å². The number of fused-ring (bicyclic) bond motifs is 1. The van der Waals surface area contributed by atoms with Gasteiger partial charge in [0.15, 0.2) is 0 Å².